The first-order valence-corrected chi connectivity index (χ1v) is 10.7. The quantitative estimate of drug-likeness (QED) is 0.400. The van der Waals surface area contributed by atoms with Crippen LogP contribution in [0.15, 0.2) is 40.9 Å². The van der Waals surface area contributed by atoms with Crippen LogP contribution in [0.25, 0.3) is 11.4 Å². The molecule has 9 nitrogen and oxygen atoms in total. The number of aryl methyl sites for hydroxylation is 1. The molecule has 33 heavy (non-hydrogen) atoms. The van der Waals surface area contributed by atoms with Gasteiger partial charge in [0, 0.05) is 34.8 Å². The molecule has 1 atom stereocenters. The summed E-state index contributed by atoms with van der Waals surface area (Å²) < 4.78 is 5.31. The highest BCUT2D eigenvalue weighted by molar-refractivity contribution is 6.31. The standard InChI is InChI=1S/C23H22ClN5O4/c1-13-3-4-14(10-18(13)24)21-27-23(33-28-21)25-17-6-5-15(12-30)16(9-17)11-29(2)19-7-8-20(31)26-22(19)32/h3-6,9-10,12,19H,7-8,11H2,1-2H3,(H,25,27,28)(H,26,31,32). The van der Waals surface area contributed by atoms with E-state index in [0.29, 0.717) is 40.6 Å². The van der Waals surface area contributed by atoms with E-state index in [2.05, 4.69) is 20.8 Å². The van der Waals surface area contributed by atoms with Gasteiger partial charge in [-0.3, -0.25) is 24.6 Å². The highest BCUT2D eigenvalue weighted by atomic mass is 35.5. The predicted molar refractivity (Wildman–Crippen MR) is 122 cm³/mol. The summed E-state index contributed by atoms with van der Waals surface area (Å²) in [5.74, 6) is -0.205. The fourth-order valence-corrected chi connectivity index (χ4v) is 3.84. The number of aldehydes is 1. The van der Waals surface area contributed by atoms with Gasteiger partial charge in [0.2, 0.25) is 17.6 Å². The molecule has 2 amide bonds. The maximum Gasteiger partial charge on any atom is 0.326 e. The Morgan fingerprint density at radius 2 is 2.09 bits per heavy atom. The lowest BCUT2D eigenvalue weighted by atomic mass is 10.0. The highest BCUT2D eigenvalue weighted by Gasteiger charge is 2.30. The van der Waals surface area contributed by atoms with Crippen LogP contribution in [0.2, 0.25) is 5.02 Å². The van der Waals surface area contributed by atoms with E-state index in [1.165, 1.54) is 0 Å². The van der Waals surface area contributed by atoms with Crippen molar-refractivity contribution in [1.29, 1.82) is 0 Å². The molecule has 3 aromatic rings. The van der Waals surface area contributed by atoms with Crippen LogP contribution >= 0.6 is 11.6 Å². The van der Waals surface area contributed by atoms with Crippen LogP contribution in [0.5, 0.6) is 0 Å². The van der Waals surface area contributed by atoms with Crippen LogP contribution in [-0.2, 0) is 16.1 Å². The molecule has 2 N–H and O–H groups in total. The Morgan fingerprint density at radius 3 is 2.82 bits per heavy atom. The maximum absolute atomic E-state index is 12.2. The zero-order valence-electron chi connectivity index (χ0n) is 18.1. The van der Waals surface area contributed by atoms with Crippen molar-refractivity contribution in [2.24, 2.45) is 0 Å². The number of benzene rings is 2. The van der Waals surface area contributed by atoms with E-state index in [0.717, 1.165) is 17.4 Å². The summed E-state index contributed by atoms with van der Waals surface area (Å²) in [5, 5.41) is 10.0. The summed E-state index contributed by atoms with van der Waals surface area (Å²) in [4.78, 5) is 41.3. The Hall–Kier alpha value is -3.56. The number of rotatable bonds is 7. The first kappa shape index (κ1) is 22.6. The van der Waals surface area contributed by atoms with E-state index in [9.17, 15) is 14.4 Å². The average molecular weight is 468 g/mol. The molecule has 1 fully saturated rings. The summed E-state index contributed by atoms with van der Waals surface area (Å²) in [6.45, 7) is 2.25. The van der Waals surface area contributed by atoms with Crippen molar-refractivity contribution in [3.8, 4) is 11.4 Å². The van der Waals surface area contributed by atoms with Gasteiger partial charge in [0.25, 0.3) is 0 Å². The third kappa shape index (κ3) is 5.10. The van der Waals surface area contributed by atoms with Crippen LogP contribution in [0.4, 0.5) is 11.7 Å². The zero-order chi connectivity index (χ0) is 23.5. The monoisotopic (exact) mass is 467 g/mol. The van der Waals surface area contributed by atoms with Crippen molar-refractivity contribution in [1.82, 2.24) is 20.4 Å². The Bertz CT molecular complexity index is 1230. The number of piperidine rings is 1. The molecular formula is C23H22ClN5O4. The largest absolute Gasteiger partial charge is 0.326 e. The van der Waals surface area contributed by atoms with Crippen molar-refractivity contribution < 1.29 is 18.9 Å². The second kappa shape index (κ2) is 9.51. The Kier molecular flexibility index (Phi) is 6.52. The smallest absolute Gasteiger partial charge is 0.315 e. The molecule has 4 rings (SSSR count). The number of hydrogen-bond acceptors (Lipinski definition) is 8. The zero-order valence-corrected chi connectivity index (χ0v) is 18.8. The molecule has 0 bridgehead atoms. The number of carbonyl (C=O) groups is 3. The van der Waals surface area contributed by atoms with Crippen molar-refractivity contribution in [3.63, 3.8) is 0 Å². The first-order chi connectivity index (χ1) is 15.8. The molecule has 0 spiro atoms. The molecular weight excluding hydrogens is 446 g/mol. The lowest BCUT2D eigenvalue weighted by Gasteiger charge is -2.30. The predicted octanol–water partition coefficient (Wildman–Crippen LogP) is 3.49. The molecule has 10 heteroatoms. The molecule has 2 heterocycles. The van der Waals surface area contributed by atoms with Crippen molar-refractivity contribution in [2.75, 3.05) is 12.4 Å². The number of nitrogens with zero attached hydrogens (tertiary/aromatic N) is 3. The molecule has 1 unspecified atom stereocenters. The molecule has 1 aliphatic heterocycles. The molecule has 2 aromatic carbocycles. The second-order valence-corrected chi connectivity index (χ2v) is 8.33. The Morgan fingerprint density at radius 1 is 1.27 bits per heavy atom. The molecule has 1 aromatic heterocycles. The van der Waals surface area contributed by atoms with E-state index in [1.54, 1.807) is 31.3 Å². The summed E-state index contributed by atoms with van der Waals surface area (Å²) in [7, 11) is 1.78. The van der Waals surface area contributed by atoms with Gasteiger partial charge in [-0.05, 0) is 55.8 Å². The SMILES string of the molecule is Cc1ccc(-c2noc(Nc3ccc(C=O)c(CN(C)C4CCC(=O)NC4=O)c3)n2)cc1Cl. The van der Waals surface area contributed by atoms with Crippen LogP contribution in [0.3, 0.4) is 0 Å². The van der Waals surface area contributed by atoms with E-state index >= 15 is 0 Å². The van der Waals surface area contributed by atoms with Gasteiger partial charge in [0.1, 0.15) is 6.29 Å². The summed E-state index contributed by atoms with van der Waals surface area (Å²) in [5.41, 5.74) is 3.54. The van der Waals surface area contributed by atoms with E-state index in [1.807, 2.05) is 24.0 Å². The van der Waals surface area contributed by atoms with Crippen LogP contribution in [0.1, 0.15) is 34.3 Å². The fraction of sp³-hybridized carbons (Fsp3) is 0.261. The minimum atomic E-state index is -0.446. The summed E-state index contributed by atoms with van der Waals surface area (Å²) in [6, 6.07) is 10.4. The fourth-order valence-electron chi connectivity index (χ4n) is 3.66. The number of imide groups is 1. The molecule has 1 aliphatic rings. The number of hydrogen-bond donors (Lipinski definition) is 2. The highest BCUT2D eigenvalue weighted by Crippen LogP contribution is 2.26. The normalized spacial score (nSPS) is 16.1. The van der Waals surface area contributed by atoms with Crippen molar-refractivity contribution in [3.05, 3.63) is 58.1 Å². The molecule has 170 valence electrons. The molecule has 0 aliphatic carbocycles. The third-order valence-electron chi connectivity index (χ3n) is 5.54. The number of halogens is 1. The van der Waals surface area contributed by atoms with E-state index < -0.39 is 6.04 Å². The van der Waals surface area contributed by atoms with E-state index in [4.69, 9.17) is 16.1 Å². The second-order valence-electron chi connectivity index (χ2n) is 7.93. The molecule has 0 radical (unpaired) electrons. The van der Waals surface area contributed by atoms with Crippen molar-refractivity contribution >= 4 is 41.4 Å². The van der Waals surface area contributed by atoms with Crippen LogP contribution in [-0.4, -0.2) is 46.2 Å². The Labute approximate surface area is 195 Å². The summed E-state index contributed by atoms with van der Waals surface area (Å²) in [6.07, 6.45) is 1.49. The molecule has 1 saturated heterocycles. The van der Waals surface area contributed by atoms with Crippen LogP contribution < -0.4 is 10.6 Å². The number of amides is 2. The summed E-state index contributed by atoms with van der Waals surface area (Å²) >= 11 is 6.18. The van der Waals surface area contributed by atoms with Gasteiger partial charge < -0.3 is 9.84 Å². The minimum Gasteiger partial charge on any atom is -0.315 e. The number of nitrogens with one attached hydrogen (secondary N) is 2. The van der Waals surface area contributed by atoms with Gasteiger partial charge in [-0.15, -0.1) is 0 Å². The van der Waals surface area contributed by atoms with Gasteiger partial charge in [0.15, 0.2) is 0 Å². The van der Waals surface area contributed by atoms with E-state index in [-0.39, 0.29) is 24.2 Å². The van der Waals surface area contributed by atoms with Gasteiger partial charge in [-0.1, -0.05) is 28.9 Å². The Balaban J connectivity index is 1.50. The number of aromatic nitrogens is 2. The molecule has 0 saturated carbocycles. The van der Waals surface area contributed by atoms with Crippen molar-refractivity contribution in [2.45, 2.75) is 32.4 Å². The van der Waals surface area contributed by atoms with Gasteiger partial charge in [-0.2, -0.15) is 4.98 Å². The van der Waals surface area contributed by atoms with Gasteiger partial charge >= 0.3 is 6.01 Å². The lowest BCUT2D eigenvalue weighted by Crippen LogP contribution is -2.51. The minimum absolute atomic E-state index is 0.185. The number of carbonyl (C=O) groups excluding carboxylic acids is 3. The average Bonchev–Trinajstić information content (AvgIpc) is 3.24. The topological polar surface area (TPSA) is 117 Å². The maximum atomic E-state index is 12.2. The van der Waals surface area contributed by atoms with Gasteiger partial charge in [-0.25, -0.2) is 0 Å². The number of anilines is 2. The third-order valence-corrected chi connectivity index (χ3v) is 5.95. The first-order valence-electron chi connectivity index (χ1n) is 10.3. The number of likely N-dealkylation sites (N-methyl/N-ethyl adjacent to an activating group) is 1. The van der Waals surface area contributed by atoms with Gasteiger partial charge in [0.05, 0.1) is 6.04 Å². The van der Waals surface area contributed by atoms with Crippen LogP contribution in [0, 0.1) is 6.92 Å². The lowest BCUT2D eigenvalue weighted by molar-refractivity contribution is -0.137.